The molecule has 0 radical (unpaired) electrons. The predicted molar refractivity (Wildman–Crippen MR) is 95.0 cm³/mol. The van der Waals surface area contributed by atoms with E-state index in [-0.39, 0.29) is 18.9 Å². The first-order valence-electron chi connectivity index (χ1n) is 8.08. The van der Waals surface area contributed by atoms with E-state index < -0.39 is 5.54 Å². The summed E-state index contributed by atoms with van der Waals surface area (Å²) in [5.41, 5.74) is 2.60. The molecule has 0 heterocycles. The molecular formula is C20H25NO3. The number of nitrogens with one attached hydrogen (secondary N) is 1. The van der Waals surface area contributed by atoms with Gasteiger partial charge in [-0.1, -0.05) is 36.4 Å². The van der Waals surface area contributed by atoms with Crippen LogP contribution in [0.5, 0.6) is 5.75 Å². The van der Waals surface area contributed by atoms with Gasteiger partial charge in [-0.2, -0.15) is 0 Å². The average molecular weight is 327 g/mol. The third kappa shape index (κ3) is 5.39. The molecule has 1 amide bonds. The molecule has 0 aliphatic carbocycles. The number of aliphatic hydroxyl groups is 1. The van der Waals surface area contributed by atoms with Crippen molar-refractivity contribution in [1.82, 2.24) is 5.32 Å². The van der Waals surface area contributed by atoms with Crippen molar-refractivity contribution in [1.29, 1.82) is 0 Å². The van der Waals surface area contributed by atoms with Crippen LogP contribution in [0.15, 0.2) is 48.5 Å². The van der Waals surface area contributed by atoms with Gasteiger partial charge in [-0.3, -0.25) is 4.79 Å². The van der Waals surface area contributed by atoms with Gasteiger partial charge in [-0.15, -0.1) is 0 Å². The van der Waals surface area contributed by atoms with E-state index >= 15 is 0 Å². The highest BCUT2D eigenvalue weighted by Gasteiger charge is 2.19. The first kappa shape index (κ1) is 18.0. The summed E-state index contributed by atoms with van der Waals surface area (Å²) >= 11 is 0. The molecule has 2 aromatic carbocycles. The Labute approximate surface area is 143 Å². The van der Waals surface area contributed by atoms with Crippen LogP contribution in [0.25, 0.3) is 0 Å². The van der Waals surface area contributed by atoms with Gasteiger partial charge in [0, 0.05) is 0 Å². The summed E-state index contributed by atoms with van der Waals surface area (Å²) in [5.74, 6) is 0.620. The molecule has 4 heteroatoms. The zero-order chi connectivity index (χ0) is 17.6. The van der Waals surface area contributed by atoms with Gasteiger partial charge in [0.05, 0.1) is 18.6 Å². The topological polar surface area (TPSA) is 58.6 Å². The fourth-order valence-electron chi connectivity index (χ4n) is 2.32. The number of amides is 1. The third-order valence-corrected chi connectivity index (χ3v) is 3.79. The zero-order valence-corrected chi connectivity index (χ0v) is 14.5. The second-order valence-electron chi connectivity index (χ2n) is 6.63. The molecule has 0 spiro atoms. The number of aliphatic hydroxyl groups excluding tert-OH is 1. The van der Waals surface area contributed by atoms with Gasteiger partial charge < -0.3 is 15.2 Å². The maximum atomic E-state index is 12.1. The molecule has 4 nitrogen and oxygen atoms in total. The predicted octanol–water partition coefficient (Wildman–Crippen LogP) is 3.00. The highest BCUT2D eigenvalue weighted by atomic mass is 16.5. The van der Waals surface area contributed by atoms with E-state index in [1.807, 2.05) is 42.5 Å². The van der Waals surface area contributed by atoms with Gasteiger partial charge in [0.15, 0.2) is 0 Å². The standard InChI is InChI=1S/C20H25NO3/c1-15-7-4-5-9-17(15)13-24-18-10-6-8-16(11-18)12-19(23)21-20(2,3)14-22/h4-11,22H,12-14H2,1-3H3,(H,21,23). The van der Waals surface area contributed by atoms with Crippen LogP contribution in [0.2, 0.25) is 0 Å². The van der Waals surface area contributed by atoms with E-state index in [0.717, 1.165) is 16.9 Å². The molecule has 2 rings (SSSR count). The van der Waals surface area contributed by atoms with Crippen LogP contribution in [0.3, 0.4) is 0 Å². The van der Waals surface area contributed by atoms with E-state index in [4.69, 9.17) is 4.74 Å². The number of ether oxygens (including phenoxy) is 1. The van der Waals surface area contributed by atoms with Crippen LogP contribution in [0.1, 0.15) is 30.5 Å². The zero-order valence-electron chi connectivity index (χ0n) is 14.5. The van der Waals surface area contributed by atoms with Gasteiger partial charge in [0.25, 0.3) is 0 Å². The molecule has 24 heavy (non-hydrogen) atoms. The quantitative estimate of drug-likeness (QED) is 0.822. The van der Waals surface area contributed by atoms with Crippen LogP contribution in [-0.4, -0.2) is 23.2 Å². The Morgan fingerprint density at radius 3 is 2.62 bits per heavy atom. The lowest BCUT2D eigenvalue weighted by Crippen LogP contribution is -2.46. The lowest BCUT2D eigenvalue weighted by Gasteiger charge is -2.23. The van der Waals surface area contributed by atoms with E-state index in [9.17, 15) is 9.90 Å². The molecule has 0 aliphatic rings. The van der Waals surface area contributed by atoms with Crippen LogP contribution >= 0.6 is 0 Å². The smallest absolute Gasteiger partial charge is 0.224 e. The molecule has 0 saturated heterocycles. The van der Waals surface area contributed by atoms with Crippen molar-refractivity contribution in [2.45, 2.75) is 39.3 Å². The molecule has 2 N–H and O–H groups in total. The molecule has 0 aromatic heterocycles. The van der Waals surface area contributed by atoms with E-state index in [1.54, 1.807) is 13.8 Å². The molecule has 0 aliphatic heterocycles. The van der Waals surface area contributed by atoms with Crippen molar-refractivity contribution in [3.63, 3.8) is 0 Å². The largest absolute Gasteiger partial charge is 0.489 e. The molecule has 0 saturated carbocycles. The van der Waals surface area contributed by atoms with Crippen molar-refractivity contribution in [3.05, 3.63) is 65.2 Å². The Kier molecular flexibility index (Phi) is 5.99. The Morgan fingerprint density at radius 2 is 1.92 bits per heavy atom. The minimum atomic E-state index is -0.615. The molecule has 0 fully saturated rings. The lowest BCUT2D eigenvalue weighted by molar-refractivity contribution is -0.122. The van der Waals surface area contributed by atoms with Gasteiger partial charge in [-0.25, -0.2) is 0 Å². The van der Waals surface area contributed by atoms with Crippen LogP contribution in [0, 0.1) is 6.92 Å². The van der Waals surface area contributed by atoms with Gasteiger partial charge >= 0.3 is 0 Å². The fourth-order valence-corrected chi connectivity index (χ4v) is 2.32. The number of aryl methyl sites for hydroxylation is 1. The van der Waals surface area contributed by atoms with Crippen molar-refractivity contribution in [3.8, 4) is 5.75 Å². The molecule has 0 unspecified atom stereocenters. The summed E-state index contributed by atoms with van der Waals surface area (Å²) in [7, 11) is 0. The summed E-state index contributed by atoms with van der Waals surface area (Å²) in [6.45, 7) is 6.03. The minimum absolute atomic E-state index is 0.0989. The Morgan fingerprint density at radius 1 is 1.17 bits per heavy atom. The van der Waals surface area contributed by atoms with Gasteiger partial charge in [-0.05, 0) is 49.6 Å². The Bertz CT molecular complexity index is 695. The summed E-state index contributed by atoms with van der Waals surface area (Å²) in [5, 5.41) is 12.0. The summed E-state index contributed by atoms with van der Waals surface area (Å²) in [6, 6.07) is 15.6. The minimum Gasteiger partial charge on any atom is -0.489 e. The van der Waals surface area contributed by atoms with Gasteiger partial charge in [0.2, 0.25) is 5.91 Å². The van der Waals surface area contributed by atoms with E-state index in [0.29, 0.717) is 6.61 Å². The third-order valence-electron chi connectivity index (χ3n) is 3.79. The van der Waals surface area contributed by atoms with Crippen molar-refractivity contribution in [2.75, 3.05) is 6.61 Å². The summed E-state index contributed by atoms with van der Waals surface area (Å²) in [6.07, 6.45) is 0.255. The average Bonchev–Trinajstić information content (AvgIpc) is 2.54. The summed E-state index contributed by atoms with van der Waals surface area (Å²) in [4.78, 5) is 12.1. The summed E-state index contributed by atoms with van der Waals surface area (Å²) < 4.78 is 5.85. The second-order valence-corrected chi connectivity index (χ2v) is 6.63. The fraction of sp³-hybridized carbons (Fsp3) is 0.350. The molecular weight excluding hydrogens is 302 g/mol. The monoisotopic (exact) mass is 327 g/mol. The number of hydrogen-bond acceptors (Lipinski definition) is 3. The number of hydrogen-bond donors (Lipinski definition) is 2. The maximum Gasteiger partial charge on any atom is 0.224 e. The second kappa shape index (κ2) is 7.97. The van der Waals surface area contributed by atoms with Crippen molar-refractivity contribution < 1.29 is 14.6 Å². The maximum absolute atomic E-state index is 12.1. The highest BCUT2D eigenvalue weighted by Crippen LogP contribution is 2.17. The number of benzene rings is 2. The van der Waals surface area contributed by atoms with Crippen LogP contribution < -0.4 is 10.1 Å². The van der Waals surface area contributed by atoms with E-state index in [1.165, 1.54) is 5.56 Å². The van der Waals surface area contributed by atoms with Gasteiger partial charge in [0.1, 0.15) is 12.4 Å². The first-order chi connectivity index (χ1) is 11.4. The molecule has 0 bridgehead atoms. The SMILES string of the molecule is Cc1ccccc1COc1cccc(CC(=O)NC(C)(C)CO)c1. The number of rotatable bonds is 7. The first-order valence-corrected chi connectivity index (χ1v) is 8.08. The molecule has 128 valence electrons. The van der Waals surface area contributed by atoms with E-state index in [2.05, 4.69) is 18.3 Å². The van der Waals surface area contributed by atoms with Crippen LogP contribution in [0.4, 0.5) is 0 Å². The normalized spacial score (nSPS) is 11.2. The number of carbonyl (C=O) groups is 1. The van der Waals surface area contributed by atoms with Crippen LogP contribution in [-0.2, 0) is 17.8 Å². The highest BCUT2D eigenvalue weighted by molar-refractivity contribution is 5.79. The number of carbonyl (C=O) groups excluding carboxylic acids is 1. The Balaban J connectivity index is 1.96. The molecule has 2 aromatic rings. The lowest BCUT2D eigenvalue weighted by atomic mass is 10.1. The Hall–Kier alpha value is -2.33. The molecule has 0 atom stereocenters. The van der Waals surface area contributed by atoms with Crippen molar-refractivity contribution in [2.24, 2.45) is 0 Å². The van der Waals surface area contributed by atoms with Crippen molar-refractivity contribution >= 4 is 5.91 Å².